The van der Waals surface area contributed by atoms with Crippen molar-refractivity contribution < 1.29 is 40.3 Å². The van der Waals surface area contributed by atoms with Gasteiger partial charge >= 0.3 is 18.4 Å². The summed E-state index contributed by atoms with van der Waals surface area (Å²) in [6.07, 6.45) is -5.29. The van der Waals surface area contributed by atoms with Gasteiger partial charge < -0.3 is 20.7 Å². The lowest BCUT2D eigenvalue weighted by Crippen LogP contribution is -2.45. The standard InChI is InChI=1S/C22H21F4N5O5S/c23-13-8-14(10-28-37(34,35)16-5-3-4-15(9-16)36-22(24,25)26)30(11-13)21(33)29-18-12-31(20(27)32)19-7-2-1-6-17(18)19/h1-7,9,12-14,28H,8,10-11H2,(H2,27,32)(H,29,33)/t13-,14+/m1/s1. The number of hydrogen-bond donors (Lipinski definition) is 3. The van der Waals surface area contributed by atoms with Gasteiger partial charge in [-0.05, 0) is 18.2 Å². The SMILES string of the molecule is NC(=O)n1cc(NC(=O)N2C[C@H](F)C[C@H]2CNS(=O)(=O)c2cccc(OC(F)(F)F)c2)c2ccccc21. The Balaban J connectivity index is 1.48. The van der Waals surface area contributed by atoms with Crippen LogP contribution < -0.4 is 20.5 Å². The van der Waals surface area contributed by atoms with Gasteiger partial charge in [0.15, 0.2) is 0 Å². The molecule has 1 aliphatic heterocycles. The second-order valence-corrected chi connectivity index (χ2v) is 9.98. The molecule has 1 aliphatic rings. The predicted octanol–water partition coefficient (Wildman–Crippen LogP) is 3.39. The number of fused-ring (bicyclic) bond motifs is 1. The van der Waals surface area contributed by atoms with Gasteiger partial charge in [0.1, 0.15) is 11.9 Å². The Kier molecular flexibility index (Phi) is 7.01. The number of primary amides is 1. The summed E-state index contributed by atoms with van der Waals surface area (Å²) in [5, 5.41) is 3.11. The monoisotopic (exact) mass is 543 g/mol. The van der Waals surface area contributed by atoms with Gasteiger partial charge in [-0.15, -0.1) is 13.2 Å². The van der Waals surface area contributed by atoms with E-state index >= 15 is 0 Å². The van der Waals surface area contributed by atoms with Crippen LogP contribution in [0.5, 0.6) is 5.75 Å². The Morgan fingerprint density at radius 3 is 2.57 bits per heavy atom. The fourth-order valence-electron chi connectivity index (χ4n) is 4.08. The molecule has 2 aromatic carbocycles. The number of amides is 3. The zero-order valence-corrected chi connectivity index (χ0v) is 19.7. The van der Waals surface area contributed by atoms with Crippen LogP contribution >= 0.6 is 0 Å². The minimum absolute atomic E-state index is 0.170. The van der Waals surface area contributed by atoms with Crippen LogP contribution in [-0.4, -0.2) is 61.6 Å². The van der Waals surface area contributed by atoms with Gasteiger partial charge in [0.05, 0.1) is 22.6 Å². The molecule has 1 aromatic heterocycles. The van der Waals surface area contributed by atoms with Crippen molar-refractivity contribution in [2.45, 2.75) is 29.9 Å². The van der Waals surface area contributed by atoms with Gasteiger partial charge in [-0.1, -0.05) is 24.3 Å². The van der Waals surface area contributed by atoms with Gasteiger partial charge in [-0.25, -0.2) is 27.1 Å². The van der Waals surface area contributed by atoms with E-state index in [2.05, 4.69) is 14.8 Å². The highest BCUT2D eigenvalue weighted by molar-refractivity contribution is 7.89. The van der Waals surface area contributed by atoms with E-state index in [0.717, 1.165) is 27.7 Å². The Morgan fingerprint density at radius 2 is 1.86 bits per heavy atom. The summed E-state index contributed by atoms with van der Waals surface area (Å²) in [5.74, 6) is -0.726. The molecule has 2 heterocycles. The van der Waals surface area contributed by atoms with Crippen LogP contribution in [0.3, 0.4) is 0 Å². The molecule has 0 aliphatic carbocycles. The number of urea groups is 1. The zero-order valence-electron chi connectivity index (χ0n) is 18.9. The highest BCUT2D eigenvalue weighted by Gasteiger charge is 2.37. The number of rotatable bonds is 6. The zero-order chi connectivity index (χ0) is 27.0. The molecule has 1 fully saturated rings. The summed E-state index contributed by atoms with van der Waals surface area (Å²) in [7, 11) is -4.32. The van der Waals surface area contributed by atoms with Crippen LogP contribution in [0.15, 0.2) is 59.6 Å². The predicted molar refractivity (Wildman–Crippen MR) is 124 cm³/mol. The third-order valence-corrected chi connectivity index (χ3v) is 7.09. The van der Waals surface area contributed by atoms with Crippen molar-refractivity contribution in [3.63, 3.8) is 0 Å². The van der Waals surface area contributed by atoms with Crippen LogP contribution in [0.4, 0.5) is 32.8 Å². The molecular formula is C22H21F4N5O5S. The third kappa shape index (κ3) is 5.94. The number of para-hydroxylation sites is 1. The van der Waals surface area contributed by atoms with E-state index in [0.29, 0.717) is 17.0 Å². The number of benzene rings is 2. The van der Waals surface area contributed by atoms with E-state index in [9.17, 15) is 35.6 Å². The van der Waals surface area contributed by atoms with Crippen molar-refractivity contribution in [3.8, 4) is 5.75 Å². The lowest BCUT2D eigenvalue weighted by molar-refractivity contribution is -0.274. The summed E-state index contributed by atoms with van der Waals surface area (Å²) in [4.78, 5) is 25.3. The lowest BCUT2D eigenvalue weighted by Gasteiger charge is -2.24. The van der Waals surface area contributed by atoms with E-state index in [1.54, 1.807) is 24.3 Å². The molecule has 10 nitrogen and oxygen atoms in total. The number of halogens is 4. The van der Waals surface area contributed by atoms with Gasteiger partial charge in [0.25, 0.3) is 0 Å². The number of nitrogens with two attached hydrogens (primary N) is 1. The summed E-state index contributed by atoms with van der Waals surface area (Å²) >= 11 is 0. The van der Waals surface area contributed by atoms with Crippen molar-refractivity contribution >= 4 is 38.7 Å². The first-order chi connectivity index (χ1) is 17.3. The minimum Gasteiger partial charge on any atom is -0.406 e. The number of carbonyl (C=O) groups is 2. The lowest BCUT2D eigenvalue weighted by atomic mass is 10.2. The topological polar surface area (TPSA) is 136 Å². The van der Waals surface area contributed by atoms with Gasteiger partial charge in [0.2, 0.25) is 10.0 Å². The Hall–Kier alpha value is -3.85. The maximum Gasteiger partial charge on any atom is 0.573 e. The Bertz CT molecular complexity index is 1440. The van der Waals surface area contributed by atoms with Crippen molar-refractivity contribution in [3.05, 3.63) is 54.7 Å². The highest BCUT2D eigenvalue weighted by atomic mass is 32.2. The first kappa shape index (κ1) is 26.2. The molecule has 0 spiro atoms. The highest BCUT2D eigenvalue weighted by Crippen LogP contribution is 2.28. The van der Waals surface area contributed by atoms with Crippen molar-refractivity contribution in [1.82, 2.24) is 14.2 Å². The second kappa shape index (κ2) is 9.89. The average Bonchev–Trinajstić information content (AvgIpc) is 3.37. The van der Waals surface area contributed by atoms with Crippen molar-refractivity contribution in [1.29, 1.82) is 0 Å². The summed E-state index contributed by atoms with van der Waals surface area (Å²) in [5.41, 5.74) is 6.06. The summed E-state index contributed by atoms with van der Waals surface area (Å²) in [6.45, 7) is -0.717. The van der Waals surface area contributed by atoms with E-state index in [-0.39, 0.29) is 18.7 Å². The number of carbonyl (C=O) groups excluding carboxylic acids is 2. The first-order valence-electron chi connectivity index (χ1n) is 10.8. The fourth-order valence-corrected chi connectivity index (χ4v) is 5.19. The molecule has 1 saturated heterocycles. The normalized spacial score (nSPS) is 18.2. The number of aromatic nitrogens is 1. The number of ether oxygens (including phenoxy) is 1. The van der Waals surface area contributed by atoms with E-state index in [1.165, 1.54) is 6.20 Å². The fraction of sp³-hybridized carbons (Fsp3) is 0.273. The van der Waals surface area contributed by atoms with Crippen molar-refractivity contribution in [2.75, 3.05) is 18.4 Å². The Morgan fingerprint density at radius 1 is 1.14 bits per heavy atom. The molecule has 198 valence electrons. The molecular weight excluding hydrogens is 522 g/mol. The number of nitrogens with one attached hydrogen (secondary N) is 2. The smallest absolute Gasteiger partial charge is 0.406 e. The van der Waals surface area contributed by atoms with Crippen LogP contribution in [0.1, 0.15) is 6.42 Å². The average molecular weight is 543 g/mol. The number of sulfonamides is 1. The number of nitrogens with zero attached hydrogens (tertiary/aromatic N) is 2. The molecule has 0 bridgehead atoms. The molecule has 2 atom stereocenters. The van der Waals surface area contributed by atoms with E-state index in [1.807, 2.05) is 0 Å². The molecule has 4 N–H and O–H groups in total. The molecule has 37 heavy (non-hydrogen) atoms. The van der Waals surface area contributed by atoms with Crippen molar-refractivity contribution in [2.24, 2.45) is 5.73 Å². The second-order valence-electron chi connectivity index (χ2n) is 8.21. The maximum atomic E-state index is 14.3. The molecule has 3 aromatic rings. The molecule has 4 rings (SSSR count). The van der Waals surface area contributed by atoms with Crippen LogP contribution in [0.2, 0.25) is 0 Å². The van der Waals surface area contributed by atoms with E-state index < -0.39 is 57.9 Å². The van der Waals surface area contributed by atoms with Gasteiger partial charge in [0, 0.05) is 36.7 Å². The van der Waals surface area contributed by atoms with Gasteiger partial charge in [-0.3, -0.25) is 4.57 Å². The summed E-state index contributed by atoms with van der Waals surface area (Å²) < 4.78 is 84.1. The molecule has 0 radical (unpaired) electrons. The number of alkyl halides is 4. The van der Waals surface area contributed by atoms with Crippen LogP contribution in [0.25, 0.3) is 10.9 Å². The Labute approximate surface area is 208 Å². The molecule has 0 saturated carbocycles. The number of hydrogen-bond acceptors (Lipinski definition) is 5. The quantitative estimate of drug-likeness (QED) is 0.410. The molecule has 3 amide bonds. The number of anilines is 1. The third-order valence-electron chi connectivity index (χ3n) is 5.67. The largest absolute Gasteiger partial charge is 0.573 e. The minimum atomic E-state index is -5.01. The number of likely N-dealkylation sites (tertiary alicyclic amines) is 1. The van der Waals surface area contributed by atoms with Gasteiger partial charge in [-0.2, -0.15) is 0 Å². The van der Waals surface area contributed by atoms with Crippen LogP contribution in [0, 0.1) is 0 Å². The van der Waals surface area contributed by atoms with Crippen LogP contribution in [-0.2, 0) is 10.0 Å². The molecule has 0 unspecified atom stereocenters. The first-order valence-corrected chi connectivity index (χ1v) is 12.3. The van der Waals surface area contributed by atoms with E-state index in [4.69, 9.17) is 5.73 Å². The maximum absolute atomic E-state index is 14.3. The molecule has 15 heteroatoms. The summed E-state index contributed by atoms with van der Waals surface area (Å²) in [6, 6.07) is 7.99.